The van der Waals surface area contributed by atoms with E-state index in [9.17, 15) is 14.4 Å². The maximum absolute atomic E-state index is 12.6. The standard InChI is InChI=1S/C22H29NO3/c1-12-11-16-20(23-13(2)24)17(25)8-10-21(16,3)15-7-9-22(4)14(19(12)15)5-6-18(22)26/h11,14-15,19H,5-10H2,1-4H3,(H,23,24)/t14-,15-,19-,21+,22-/m0/s1. The molecule has 4 aliphatic rings. The highest BCUT2D eigenvalue weighted by Crippen LogP contribution is 2.64. The van der Waals surface area contributed by atoms with Crippen molar-refractivity contribution < 1.29 is 14.4 Å². The smallest absolute Gasteiger partial charge is 0.221 e. The fraction of sp³-hybridized carbons (Fsp3) is 0.682. The molecular formula is C22H29NO3. The summed E-state index contributed by atoms with van der Waals surface area (Å²) >= 11 is 0. The van der Waals surface area contributed by atoms with E-state index >= 15 is 0 Å². The highest BCUT2D eigenvalue weighted by atomic mass is 16.2. The van der Waals surface area contributed by atoms with Gasteiger partial charge in [0.15, 0.2) is 5.78 Å². The van der Waals surface area contributed by atoms with Gasteiger partial charge in [-0.2, -0.15) is 0 Å². The van der Waals surface area contributed by atoms with Gasteiger partial charge >= 0.3 is 0 Å². The molecule has 140 valence electrons. The molecule has 26 heavy (non-hydrogen) atoms. The SMILES string of the molecule is CC(=O)NC1=C2C=C(C)[C@@H]3[C@H](CC[C@]4(C)C(=O)CC[C@@H]34)[C@@]2(C)CCC1=O. The van der Waals surface area contributed by atoms with E-state index in [2.05, 4.69) is 32.2 Å². The summed E-state index contributed by atoms with van der Waals surface area (Å²) in [5.41, 5.74) is 2.56. The number of carbonyl (C=O) groups excluding carboxylic acids is 3. The molecule has 0 aliphatic heterocycles. The fourth-order valence-electron chi connectivity index (χ4n) is 6.59. The number of nitrogens with one attached hydrogen (secondary N) is 1. The average Bonchev–Trinajstić information content (AvgIpc) is 2.88. The maximum atomic E-state index is 12.6. The predicted octanol–water partition coefficient (Wildman–Crippen LogP) is 3.72. The topological polar surface area (TPSA) is 63.2 Å². The number of rotatable bonds is 1. The maximum Gasteiger partial charge on any atom is 0.221 e. The van der Waals surface area contributed by atoms with Crippen LogP contribution in [0.1, 0.15) is 66.2 Å². The first kappa shape index (κ1) is 17.7. The van der Waals surface area contributed by atoms with E-state index in [1.165, 1.54) is 12.5 Å². The van der Waals surface area contributed by atoms with E-state index in [1.807, 2.05) is 0 Å². The van der Waals surface area contributed by atoms with Crippen LogP contribution in [-0.2, 0) is 14.4 Å². The number of hydrogen-bond donors (Lipinski definition) is 1. The summed E-state index contributed by atoms with van der Waals surface area (Å²) < 4.78 is 0. The molecule has 4 rings (SSSR count). The van der Waals surface area contributed by atoms with Crippen molar-refractivity contribution in [3.63, 3.8) is 0 Å². The monoisotopic (exact) mass is 355 g/mol. The van der Waals surface area contributed by atoms with E-state index in [1.54, 1.807) is 0 Å². The van der Waals surface area contributed by atoms with Crippen LogP contribution in [-0.4, -0.2) is 17.5 Å². The first-order valence-electron chi connectivity index (χ1n) is 9.95. The molecule has 0 radical (unpaired) electrons. The lowest BCUT2D eigenvalue weighted by Crippen LogP contribution is -2.51. The van der Waals surface area contributed by atoms with Crippen LogP contribution in [0.4, 0.5) is 0 Å². The fourth-order valence-corrected chi connectivity index (χ4v) is 6.59. The molecule has 4 nitrogen and oxygen atoms in total. The molecule has 0 aromatic heterocycles. The quantitative estimate of drug-likeness (QED) is 0.780. The Morgan fingerprint density at radius 2 is 1.77 bits per heavy atom. The van der Waals surface area contributed by atoms with Crippen LogP contribution in [0.25, 0.3) is 0 Å². The molecule has 1 amide bonds. The lowest BCUT2D eigenvalue weighted by atomic mass is 9.47. The summed E-state index contributed by atoms with van der Waals surface area (Å²) in [5, 5.41) is 2.83. The molecule has 0 bridgehead atoms. The Morgan fingerprint density at radius 1 is 1.08 bits per heavy atom. The second-order valence-corrected chi connectivity index (χ2v) is 9.36. The Labute approximate surface area is 155 Å². The van der Waals surface area contributed by atoms with Crippen LogP contribution in [0, 0.1) is 28.6 Å². The molecule has 5 atom stereocenters. The van der Waals surface area contributed by atoms with Gasteiger partial charge in [-0.3, -0.25) is 14.4 Å². The third-order valence-corrected chi connectivity index (χ3v) is 8.03. The van der Waals surface area contributed by atoms with Gasteiger partial charge < -0.3 is 5.32 Å². The van der Waals surface area contributed by atoms with Crippen molar-refractivity contribution in [2.24, 2.45) is 28.6 Å². The number of amides is 1. The highest BCUT2D eigenvalue weighted by molar-refractivity contribution is 6.01. The first-order valence-corrected chi connectivity index (χ1v) is 9.95. The van der Waals surface area contributed by atoms with E-state index in [4.69, 9.17) is 0 Å². The number of hydrogen-bond acceptors (Lipinski definition) is 3. The molecule has 1 N–H and O–H groups in total. The minimum atomic E-state index is -0.184. The number of ketones is 2. The van der Waals surface area contributed by atoms with Crippen molar-refractivity contribution in [2.45, 2.75) is 66.2 Å². The van der Waals surface area contributed by atoms with Crippen LogP contribution < -0.4 is 5.32 Å². The van der Waals surface area contributed by atoms with Crippen LogP contribution in [0.5, 0.6) is 0 Å². The third-order valence-electron chi connectivity index (χ3n) is 8.03. The Hall–Kier alpha value is -1.71. The van der Waals surface area contributed by atoms with E-state index < -0.39 is 0 Å². The summed E-state index contributed by atoms with van der Waals surface area (Å²) in [6.07, 6.45) is 7.19. The number of allylic oxidation sites excluding steroid dienone is 4. The lowest BCUT2D eigenvalue weighted by Gasteiger charge is -2.56. The zero-order chi connectivity index (χ0) is 18.9. The summed E-state index contributed by atoms with van der Waals surface area (Å²) in [6, 6.07) is 0. The Kier molecular flexibility index (Phi) is 3.84. The minimum Gasteiger partial charge on any atom is -0.323 e. The molecule has 4 aliphatic carbocycles. The summed E-state index contributed by atoms with van der Waals surface area (Å²) in [5.74, 6) is 1.59. The minimum absolute atomic E-state index is 0.0480. The summed E-state index contributed by atoms with van der Waals surface area (Å²) in [6.45, 7) is 8.07. The largest absolute Gasteiger partial charge is 0.323 e. The number of fused-ring (bicyclic) bond motifs is 5. The molecule has 2 fully saturated rings. The first-order chi connectivity index (χ1) is 12.2. The number of Topliss-reactive ketones (excluding diaryl/α,β-unsaturated/α-hetero) is 2. The Bertz CT molecular complexity index is 776. The number of carbonyl (C=O) groups is 3. The molecule has 0 heterocycles. The van der Waals surface area contributed by atoms with Crippen molar-refractivity contribution >= 4 is 17.5 Å². The van der Waals surface area contributed by atoms with Crippen LogP contribution in [0.15, 0.2) is 22.9 Å². The van der Waals surface area contributed by atoms with Gasteiger partial charge in [0.05, 0.1) is 5.70 Å². The van der Waals surface area contributed by atoms with E-state index in [0.29, 0.717) is 42.1 Å². The molecule has 4 heteroatoms. The van der Waals surface area contributed by atoms with Crippen LogP contribution in [0.3, 0.4) is 0 Å². The van der Waals surface area contributed by atoms with Crippen LogP contribution in [0.2, 0.25) is 0 Å². The van der Waals surface area contributed by atoms with Crippen molar-refractivity contribution in [1.29, 1.82) is 0 Å². The van der Waals surface area contributed by atoms with Gasteiger partial charge in [-0.15, -0.1) is 0 Å². The molecule has 0 aromatic rings. The van der Waals surface area contributed by atoms with Gasteiger partial charge in [-0.05, 0) is 61.3 Å². The normalized spacial score (nSPS) is 42.0. The van der Waals surface area contributed by atoms with E-state index in [0.717, 1.165) is 31.3 Å². The molecular weight excluding hydrogens is 326 g/mol. The zero-order valence-corrected chi connectivity index (χ0v) is 16.3. The molecule has 0 aromatic carbocycles. The lowest BCUT2D eigenvalue weighted by molar-refractivity contribution is -0.131. The molecule has 0 spiro atoms. The van der Waals surface area contributed by atoms with Crippen molar-refractivity contribution in [3.8, 4) is 0 Å². The van der Waals surface area contributed by atoms with Gasteiger partial charge in [0, 0.05) is 25.2 Å². The van der Waals surface area contributed by atoms with Gasteiger partial charge in [0.1, 0.15) is 5.78 Å². The van der Waals surface area contributed by atoms with Crippen molar-refractivity contribution in [3.05, 3.63) is 22.9 Å². The molecule has 0 unspecified atom stereocenters. The average molecular weight is 355 g/mol. The Balaban J connectivity index is 1.85. The highest BCUT2D eigenvalue weighted by Gasteiger charge is 2.59. The molecule has 0 saturated heterocycles. The van der Waals surface area contributed by atoms with Gasteiger partial charge in [-0.1, -0.05) is 25.5 Å². The summed E-state index contributed by atoms with van der Waals surface area (Å²) in [4.78, 5) is 36.8. The van der Waals surface area contributed by atoms with Crippen molar-refractivity contribution in [1.82, 2.24) is 5.32 Å². The van der Waals surface area contributed by atoms with Gasteiger partial charge in [0.25, 0.3) is 0 Å². The van der Waals surface area contributed by atoms with Crippen molar-refractivity contribution in [2.75, 3.05) is 0 Å². The van der Waals surface area contributed by atoms with Gasteiger partial charge in [0.2, 0.25) is 5.91 Å². The predicted molar refractivity (Wildman–Crippen MR) is 99.0 cm³/mol. The van der Waals surface area contributed by atoms with Gasteiger partial charge in [-0.25, -0.2) is 0 Å². The second-order valence-electron chi connectivity index (χ2n) is 9.36. The zero-order valence-electron chi connectivity index (χ0n) is 16.3. The van der Waals surface area contributed by atoms with E-state index in [-0.39, 0.29) is 22.5 Å². The second kappa shape index (κ2) is 5.64. The third kappa shape index (κ3) is 2.23. The summed E-state index contributed by atoms with van der Waals surface area (Å²) in [7, 11) is 0. The van der Waals surface area contributed by atoms with Crippen LogP contribution >= 0.6 is 0 Å². The Morgan fingerprint density at radius 3 is 2.46 bits per heavy atom. The molecule has 2 saturated carbocycles.